The predicted molar refractivity (Wildman–Crippen MR) is 151 cm³/mol. The lowest BCUT2D eigenvalue weighted by Gasteiger charge is -2.15. The molecule has 206 valence electrons. The summed E-state index contributed by atoms with van der Waals surface area (Å²) in [5.41, 5.74) is 2.64. The van der Waals surface area contributed by atoms with Crippen LogP contribution in [0.25, 0.3) is 5.65 Å². The second-order valence-electron chi connectivity index (χ2n) is 10.3. The highest BCUT2D eigenvalue weighted by molar-refractivity contribution is 6.05. The molecule has 1 saturated carbocycles. The van der Waals surface area contributed by atoms with E-state index in [-0.39, 0.29) is 17.7 Å². The average molecular weight is 541 g/mol. The van der Waals surface area contributed by atoms with Crippen LogP contribution < -0.4 is 20.1 Å². The molecule has 40 heavy (non-hydrogen) atoms. The van der Waals surface area contributed by atoms with Gasteiger partial charge in [-0.05, 0) is 81.6 Å². The van der Waals surface area contributed by atoms with Gasteiger partial charge >= 0.3 is 0 Å². The van der Waals surface area contributed by atoms with Crippen LogP contribution in [0, 0.1) is 12.8 Å². The number of anilines is 2. The number of imidazole rings is 1. The van der Waals surface area contributed by atoms with E-state index in [9.17, 15) is 9.59 Å². The van der Waals surface area contributed by atoms with Gasteiger partial charge in [0.05, 0.1) is 6.20 Å². The first-order valence-electron chi connectivity index (χ1n) is 13.7. The van der Waals surface area contributed by atoms with Gasteiger partial charge in [0.1, 0.15) is 18.1 Å². The molecule has 10 nitrogen and oxygen atoms in total. The zero-order valence-electron chi connectivity index (χ0n) is 22.4. The number of nitrogens with zero attached hydrogens (tertiary/aromatic N) is 4. The van der Waals surface area contributed by atoms with E-state index in [1.807, 2.05) is 31.2 Å². The van der Waals surface area contributed by atoms with Crippen LogP contribution in [0.15, 0.2) is 60.8 Å². The minimum Gasteiger partial charge on any atom is -0.492 e. The lowest BCUT2D eigenvalue weighted by molar-refractivity contribution is -0.117. The molecular weight excluding hydrogens is 508 g/mol. The number of nitrogens with one attached hydrogen (secondary N) is 2. The smallest absolute Gasteiger partial charge is 0.255 e. The van der Waals surface area contributed by atoms with Crippen molar-refractivity contribution in [1.82, 2.24) is 19.5 Å². The fraction of sp³-hybridized carbons (Fsp3) is 0.333. The molecule has 2 amide bonds. The first-order valence-corrected chi connectivity index (χ1v) is 13.7. The molecule has 0 radical (unpaired) electrons. The number of hydrogen-bond donors (Lipinski definition) is 2. The SMILES string of the molecule is Cc1ccc(Oc2ccc3nc(NC(=O)C4CC4)cn3n2)cc1NC(=O)c1cccc(OCCN2CCCC2)c1. The predicted octanol–water partition coefficient (Wildman–Crippen LogP) is 4.91. The normalized spacial score (nSPS) is 15.2. The highest BCUT2D eigenvalue weighted by Gasteiger charge is 2.30. The van der Waals surface area contributed by atoms with Crippen molar-refractivity contribution in [1.29, 1.82) is 0 Å². The molecule has 0 spiro atoms. The number of aryl methyl sites for hydroxylation is 1. The van der Waals surface area contributed by atoms with Crippen molar-refractivity contribution in [2.75, 3.05) is 36.9 Å². The van der Waals surface area contributed by atoms with Crippen LogP contribution in [0.5, 0.6) is 17.4 Å². The fourth-order valence-corrected chi connectivity index (χ4v) is 4.69. The van der Waals surface area contributed by atoms with Gasteiger partial charge in [0.25, 0.3) is 5.91 Å². The van der Waals surface area contributed by atoms with Crippen molar-refractivity contribution in [2.45, 2.75) is 32.6 Å². The molecule has 6 rings (SSSR count). The maximum Gasteiger partial charge on any atom is 0.255 e. The van der Waals surface area contributed by atoms with E-state index in [4.69, 9.17) is 9.47 Å². The Balaban J connectivity index is 1.09. The highest BCUT2D eigenvalue weighted by atomic mass is 16.5. The molecule has 2 N–H and O–H groups in total. The molecule has 1 aliphatic heterocycles. The number of carbonyl (C=O) groups excluding carboxylic acids is 2. The summed E-state index contributed by atoms with van der Waals surface area (Å²) in [5, 5.41) is 10.3. The molecular formula is C30H32N6O4. The maximum atomic E-state index is 13.1. The van der Waals surface area contributed by atoms with Crippen molar-refractivity contribution in [3.63, 3.8) is 0 Å². The Bertz CT molecular complexity index is 1540. The number of likely N-dealkylation sites (tertiary alicyclic amines) is 1. The van der Waals surface area contributed by atoms with E-state index in [1.165, 1.54) is 12.8 Å². The van der Waals surface area contributed by atoms with Gasteiger partial charge in [-0.2, -0.15) is 0 Å². The number of benzene rings is 2. The van der Waals surface area contributed by atoms with E-state index < -0.39 is 0 Å². The van der Waals surface area contributed by atoms with Crippen LogP contribution in [-0.2, 0) is 4.79 Å². The Morgan fingerprint density at radius 3 is 2.67 bits per heavy atom. The van der Waals surface area contributed by atoms with Gasteiger partial charge in [-0.25, -0.2) is 9.50 Å². The van der Waals surface area contributed by atoms with Gasteiger partial charge < -0.3 is 20.1 Å². The van der Waals surface area contributed by atoms with Gasteiger partial charge in [-0.1, -0.05) is 12.1 Å². The number of fused-ring (bicyclic) bond motifs is 1. The summed E-state index contributed by atoms with van der Waals surface area (Å²) >= 11 is 0. The van der Waals surface area contributed by atoms with Crippen LogP contribution >= 0.6 is 0 Å². The molecule has 10 heteroatoms. The average Bonchev–Trinajstić information content (AvgIpc) is 3.54. The Morgan fingerprint density at radius 1 is 1.00 bits per heavy atom. The summed E-state index contributed by atoms with van der Waals surface area (Å²) in [4.78, 5) is 31.9. The van der Waals surface area contributed by atoms with Gasteiger partial charge in [-0.3, -0.25) is 14.5 Å². The van der Waals surface area contributed by atoms with E-state index in [0.717, 1.165) is 38.0 Å². The van der Waals surface area contributed by atoms with E-state index in [2.05, 4.69) is 25.6 Å². The van der Waals surface area contributed by atoms with Crippen LogP contribution in [0.3, 0.4) is 0 Å². The second-order valence-corrected chi connectivity index (χ2v) is 10.3. The molecule has 2 aromatic heterocycles. The Labute approximate surface area is 232 Å². The zero-order chi connectivity index (χ0) is 27.5. The van der Waals surface area contributed by atoms with E-state index in [1.54, 1.807) is 41.0 Å². The standard InChI is InChI=1S/C30H32N6O4/c1-20-7-10-24(40-28-12-11-27-32-26(19-36(27)34-28)33-29(37)21-8-9-21)18-25(20)31-30(38)22-5-4-6-23(17-22)39-16-15-35-13-2-3-14-35/h4-7,10-12,17-19,21H,2-3,8-9,13-16H2,1H3,(H,31,38)(H,33,37). The highest BCUT2D eigenvalue weighted by Crippen LogP contribution is 2.30. The Kier molecular flexibility index (Phi) is 7.33. The van der Waals surface area contributed by atoms with Crippen LogP contribution in [0.1, 0.15) is 41.6 Å². The molecule has 2 fully saturated rings. The third-order valence-corrected chi connectivity index (χ3v) is 7.15. The summed E-state index contributed by atoms with van der Waals surface area (Å²) in [7, 11) is 0. The number of amides is 2. The maximum absolute atomic E-state index is 13.1. The topological polar surface area (TPSA) is 110 Å². The lowest BCUT2D eigenvalue weighted by atomic mass is 10.1. The molecule has 2 aliphatic rings. The zero-order valence-corrected chi connectivity index (χ0v) is 22.4. The monoisotopic (exact) mass is 540 g/mol. The molecule has 1 saturated heterocycles. The molecule has 3 heterocycles. The summed E-state index contributed by atoms with van der Waals surface area (Å²) in [6.45, 7) is 5.67. The van der Waals surface area contributed by atoms with Crippen LogP contribution in [-0.4, -0.2) is 57.6 Å². The minimum absolute atomic E-state index is 0.00844. The van der Waals surface area contributed by atoms with Gasteiger partial charge in [0.2, 0.25) is 11.8 Å². The van der Waals surface area contributed by atoms with E-state index in [0.29, 0.717) is 46.7 Å². The van der Waals surface area contributed by atoms with Gasteiger partial charge in [-0.15, -0.1) is 5.10 Å². The van der Waals surface area contributed by atoms with Crippen molar-refractivity contribution in [2.24, 2.45) is 5.92 Å². The van der Waals surface area contributed by atoms with Crippen molar-refractivity contribution < 1.29 is 19.1 Å². The number of hydrogen-bond acceptors (Lipinski definition) is 7. The van der Waals surface area contributed by atoms with Gasteiger partial charge in [0, 0.05) is 35.8 Å². The molecule has 0 unspecified atom stereocenters. The summed E-state index contributed by atoms with van der Waals surface area (Å²) in [6, 6.07) is 16.2. The third kappa shape index (κ3) is 6.23. The Hall–Kier alpha value is -4.44. The lowest BCUT2D eigenvalue weighted by Crippen LogP contribution is -2.25. The number of rotatable bonds is 10. The molecule has 4 aromatic rings. The molecule has 2 aromatic carbocycles. The van der Waals surface area contributed by atoms with E-state index >= 15 is 0 Å². The quantitative estimate of drug-likeness (QED) is 0.294. The summed E-state index contributed by atoms with van der Waals surface area (Å²) in [6.07, 6.45) is 6.01. The van der Waals surface area contributed by atoms with Crippen molar-refractivity contribution in [3.05, 3.63) is 71.9 Å². The summed E-state index contributed by atoms with van der Waals surface area (Å²) in [5.74, 6) is 1.86. The van der Waals surface area contributed by atoms with Crippen molar-refractivity contribution >= 4 is 29.0 Å². The number of aromatic nitrogens is 3. The molecule has 0 atom stereocenters. The van der Waals surface area contributed by atoms with Gasteiger partial charge in [0.15, 0.2) is 11.5 Å². The molecule has 0 bridgehead atoms. The fourth-order valence-electron chi connectivity index (χ4n) is 4.69. The van der Waals surface area contributed by atoms with Crippen LogP contribution in [0.4, 0.5) is 11.5 Å². The molecule has 1 aliphatic carbocycles. The minimum atomic E-state index is -0.232. The number of ether oxygens (including phenoxy) is 2. The second kappa shape index (κ2) is 11.4. The summed E-state index contributed by atoms with van der Waals surface area (Å²) < 4.78 is 13.5. The number of carbonyl (C=O) groups is 2. The Morgan fingerprint density at radius 2 is 1.85 bits per heavy atom. The largest absolute Gasteiger partial charge is 0.492 e. The third-order valence-electron chi connectivity index (χ3n) is 7.15. The van der Waals surface area contributed by atoms with Crippen LogP contribution in [0.2, 0.25) is 0 Å². The first-order chi connectivity index (χ1) is 19.5. The van der Waals surface area contributed by atoms with Crippen molar-refractivity contribution in [3.8, 4) is 17.4 Å². The first kappa shape index (κ1) is 25.8.